The first-order chi connectivity index (χ1) is 20.6. The Kier molecular flexibility index (Phi) is 8.64. The first kappa shape index (κ1) is 30.0. The topological polar surface area (TPSA) is 111 Å². The van der Waals surface area contributed by atoms with E-state index in [9.17, 15) is 19.5 Å². The van der Waals surface area contributed by atoms with Crippen LogP contribution in [0.1, 0.15) is 85.3 Å². The summed E-state index contributed by atoms with van der Waals surface area (Å²) in [7, 11) is 0. The lowest BCUT2D eigenvalue weighted by molar-refractivity contribution is -0.139. The molecule has 0 aliphatic carbocycles. The van der Waals surface area contributed by atoms with E-state index in [-0.39, 0.29) is 17.7 Å². The van der Waals surface area contributed by atoms with Gasteiger partial charge in [-0.05, 0) is 67.1 Å². The Morgan fingerprint density at radius 2 is 1.86 bits per heavy atom. The highest BCUT2D eigenvalue weighted by Gasteiger charge is 2.34. The number of thiazole rings is 1. The van der Waals surface area contributed by atoms with E-state index in [0.29, 0.717) is 44.5 Å². The number of esters is 1. The normalized spacial score (nSPS) is 15.0. The molecule has 1 N–H and O–H groups in total. The van der Waals surface area contributed by atoms with Crippen molar-refractivity contribution in [1.29, 1.82) is 0 Å². The molecule has 43 heavy (non-hydrogen) atoms. The zero-order chi connectivity index (χ0) is 30.8. The molecular formula is C34H34N2O6S. The largest absolute Gasteiger partial charge is 0.478 e. The number of rotatable bonds is 9. The lowest BCUT2D eigenvalue weighted by atomic mass is 9.92. The summed E-state index contributed by atoms with van der Waals surface area (Å²) in [6.07, 6.45) is 3.03. The first-order valence-corrected chi connectivity index (χ1v) is 15.2. The zero-order valence-electron chi connectivity index (χ0n) is 24.8. The second-order valence-electron chi connectivity index (χ2n) is 10.8. The molecule has 9 heteroatoms. The predicted octanol–water partition coefficient (Wildman–Crippen LogP) is 5.97. The molecule has 0 unspecified atom stereocenters. The Labute approximate surface area is 253 Å². The molecule has 0 saturated heterocycles. The van der Waals surface area contributed by atoms with Crippen LogP contribution in [-0.4, -0.2) is 28.2 Å². The van der Waals surface area contributed by atoms with Crippen molar-refractivity contribution < 1.29 is 23.8 Å². The number of aryl methyl sites for hydroxylation is 1. The average molecular weight is 599 g/mol. The lowest BCUT2D eigenvalue weighted by Crippen LogP contribution is -2.40. The van der Waals surface area contributed by atoms with Gasteiger partial charge in [-0.3, -0.25) is 9.36 Å². The number of fused-ring (bicyclic) bond motifs is 1. The third-order valence-electron chi connectivity index (χ3n) is 7.45. The number of aromatic carboxylic acids is 1. The highest BCUT2D eigenvalue weighted by molar-refractivity contribution is 7.07. The summed E-state index contributed by atoms with van der Waals surface area (Å²) in [5.74, 6) is -0.0946. The van der Waals surface area contributed by atoms with E-state index in [2.05, 4.69) is 13.8 Å². The molecule has 0 fully saturated rings. The Hall–Kier alpha value is -4.50. The van der Waals surface area contributed by atoms with E-state index in [1.807, 2.05) is 38.1 Å². The first-order valence-electron chi connectivity index (χ1n) is 14.4. The van der Waals surface area contributed by atoms with Gasteiger partial charge < -0.3 is 14.3 Å². The summed E-state index contributed by atoms with van der Waals surface area (Å²) in [5, 5.41) is 9.28. The van der Waals surface area contributed by atoms with Gasteiger partial charge in [0.25, 0.3) is 5.56 Å². The maximum absolute atomic E-state index is 14.0. The van der Waals surface area contributed by atoms with E-state index in [1.54, 1.807) is 41.8 Å². The van der Waals surface area contributed by atoms with E-state index in [4.69, 9.17) is 14.1 Å². The lowest BCUT2D eigenvalue weighted by Gasteiger charge is -2.26. The van der Waals surface area contributed by atoms with Gasteiger partial charge in [0.1, 0.15) is 11.5 Å². The smallest absolute Gasteiger partial charge is 0.338 e. The molecule has 0 amide bonds. The maximum Gasteiger partial charge on any atom is 0.338 e. The summed E-state index contributed by atoms with van der Waals surface area (Å²) >= 11 is 1.25. The van der Waals surface area contributed by atoms with Crippen LogP contribution in [0.2, 0.25) is 0 Å². The van der Waals surface area contributed by atoms with Crippen LogP contribution in [0, 0.1) is 6.92 Å². The number of carbonyl (C=O) groups is 2. The number of carboxylic acids is 1. The highest BCUT2D eigenvalue weighted by Crippen LogP contribution is 2.33. The Bertz CT molecular complexity index is 1910. The van der Waals surface area contributed by atoms with Crippen LogP contribution in [-0.2, 0) is 9.53 Å². The van der Waals surface area contributed by atoms with Crippen LogP contribution in [0.4, 0.5) is 0 Å². The standard InChI is InChI=1S/C34H34N2O6S/c1-6-8-26-29(33(40)41-7-2)30(22-11-9-21(10-12-22)19(3)4)36-31(37)28(43-34(36)35-26)18-24-14-16-27(42-24)25-15-13-23(32(38)39)17-20(25)5/h9-19,30H,6-8H2,1-5H3,(H,38,39)/b28-18-/t30-/m1/s1. The number of carbonyl (C=O) groups excluding carboxylic acids is 1. The number of hydrogen-bond donors (Lipinski definition) is 1. The molecule has 4 aromatic rings. The van der Waals surface area contributed by atoms with Gasteiger partial charge >= 0.3 is 11.9 Å². The maximum atomic E-state index is 14.0. The number of benzene rings is 2. The molecule has 3 heterocycles. The fourth-order valence-electron chi connectivity index (χ4n) is 5.28. The Balaban J connectivity index is 1.64. The minimum Gasteiger partial charge on any atom is -0.478 e. The highest BCUT2D eigenvalue weighted by atomic mass is 32.1. The molecule has 0 radical (unpaired) electrons. The van der Waals surface area contributed by atoms with Gasteiger partial charge in [0.15, 0.2) is 4.80 Å². The fraction of sp³-hybridized carbons (Fsp3) is 0.294. The number of allylic oxidation sites excluding steroid dienone is 1. The molecule has 0 spiro atoms. The summed E-state index contributed by atoms with van der Waals surface area (Å²) in [4.78, 5) is 44.0. The minimum atomic E-state index is -0.993. The molecule has 0 saturated carbocycles. The van der Waals surface area contributed by atoms with Crippen LogP contribution < -0.4 is 14.9 Å². The SMILES string of the molecule is CCCC1=C(C(=O)OCC)[C@@H](c2ccc(C(C)C)cc2)n2c(s/c(=C\c3ccc(-c4ccc(C(=O)O)cc4C)o3)c2=O)=N1. The number of nitrogens with zero attached hydrogens (tertiary/aromatic N) is 2. The molecule has 1 aliphatic rings. The van der Waals surface area contributed by atoms with Crippen LogP contribution >= 0.6 is 11.3 Å². The van der Waals surface area contributed by atoms with Gasteiger partial charge in [0.05, 0.1) is 34.0 Å². The van der Waals surface area contributed by atoms with Crippen LogP contribution in [0.15, 0.2) is 80.1 Å². The molecular weight excluding hydrogens is 564 g/mol. The Morgan fingerprint density at radius 3 is 2.49 bits per heavy atom. The van der Waals surface area contributed by atoms with Gasteiger partial charge in [0.2, 0.25) is 0 Å². The summed E-state index contributed by atoms with van der Waals surface area (Å²) in [5.41, 5.74) is 4.44. The van der Waals surface area contributed by atoms with Gasteiger partial charge in [-0.2, -0.15) is 0 Å². The molecule has 1 atom stereocenters. The minimum absolute atomic E-state index is 0.201. The second-order valence-corrected chi connectivity index (χ2v) is 11.8. The van der Waals surface area contributed by atoms with E-state index in [0.717, 1.165) is 28.7 Å². The molecule has 1 aliphatic heterocycles. The van der Waals surface area contributed by atoms with Gasteiger partial charge in [-0.1, -0.05) is 68.9 Å². The molecule has 8 nitrogen and oxygen atoms in total. The van der Waals surface area contributed by atoms with Gasteiger partial charge in [-0.15, -0.1) is 0 Å². The summed E-state index contributed by atoms with van der Waals surface area (Å²) in [6, 6.07) is 15.8. The number of furan rings is 1. The van der Waals surface area contributed by atoms with Crippen molar-refractivity contribution in [2.45, 2.75) is 59.4 Å². The summed E-state index contributed by atoms with van der Waals surface area (Å²) < 4.78 is 13.6. The zero-order valence-corrected chi connectivity index (χ0v) is 25.7. The van der Waals surface area contributed by atoms with Crippen molar-refractivity contribution in [3.05, 3.63) is 114 Å². The third-order valence-corrected chi connectivity index (χ3v) is 8.43. The van der Waals surface area contributed by atoms with Crippen LogP contribution in [0.5, 0.6) is 0 Å². The van der Waals surface area contributed by atoms with Gasteiger partial charge in [-0.25, -0.2) is 14.6 Å². The number of carboxylic acid groups (broad SMARTS) is 1. The Morgan fingerprint density at radius 1 is 1.12 bits per heavy atom. The van der Waals surface area contributed by atoms with Crippen molar-refractivity contribution in [2.75, 3.05) is 6.61 Å². The monoisotopic (exact) mass is 598 g/mol. The molecule has 2 aromatic carbocycles. The van der Waals surface area contributed by atoms with E-state index >= 15 is 0 Å². The van der Waals surface area contributed by atoms with Crippen molar-refractivity contribution in [2.24, 2.45) is 4.99 Å². The molecule has 5 rings (SSSR count). The number of aromatic nitrogens is 1. The van der Waals surface area contributed by atoms with E-state index in [1.165, 1.54) is 17.4 Å². The van der Waals surface area contributed by atoms with Crippen LogP contribution in [0.25, 0.3) is 17.4 Å². The third kappa shape index (κ3) is 5.90. The van der Waals surface area contributed by atoms with Gasteiger partial charge in [0, 0.05) is 11.6 Å². The number of ether oxygens (including phenoxy) is 1. The van der Waals surface area contributed by atoms with Crippen molar-refractivity contribution >= 4 is 29.4 Å². The molecule has 222 valence electrons. The van der Waals surface area contributed by atoms with Crippen molar-refractivity contribution in [3.8, 4) is 11.3 Å². The van der Waals surface area contributed by atoms with Crippen molar-refractivity contribution in [1.82, 2.24) is 4.57 Å². The second kappa shape index (κ2) is 12.4. The van der Waals surface area contributed by atoms with E-state index < -0.39 is 18.0 Å². The summed E-state index contributed by atoms with van der Waals surface area (Å²) in [6.45, 7) is 10.1. The van der Waals surface area contributed by atoms with Crippen molar-refractivity contribution in [3.63, 3.8) is 0 Å². The molecule has 0 bridgehead atoms. The number of hydrogen-bond acceptors (Lipinski definition) is 7. The van der Waals surface area contributed by atoms with Crippen LogP contribution in [0.3, 0.4) is 0 Å². The average Bonchev–Trinajstić information content (AvgIpc) is 3.56. The predicted molar refractivity (Wildman–Crippen MR) is 166 cm³/mol. The molecule has 2 aromatic heterocycles. The fourth-order valence-corrected chi connectivity index (χ4v) is 6.28. The quantitative estimate of drug-likeness (QED) is 0.238.